The third-order valence-corrected chi connectivity index (χ3v) is 7.40. The Labute approximate surface area is 200 Å². The molecule has 1 atom stereocenters. The molecule has 1 fully saturated rings. The number of hydrogen-bond donors (Lipinski definition) is 2. The molecule has 1 saturated heterocycles. The van der Waals surface area contributed by atoms with Crippen molar-refractivity contribution >= 4 is 33.4 Å². The van der Waals surface area contributed by atoms with Crippen molar-refractivity contribution in [3.63, 3.8) is 0 Å². The Bertz CT molecular complexity index is 1180. The number of hydrogen-bond acceptors (Lipinski definition) is 5. The van der Waals surface area contributed by atoms with Crippen LogP contribution in [0.3, 0.4) is 0 Å². The first-order chi connectivity index (χ1) is 15.9. The number of alkyl halides is 2. The van der Waals surface area contributed by atoms with Crippen LogP contribution >= 0.6 is 11.6 Å². The Morgan fingerprint density at radius 2 is 1.94 bits per heavy atom. The van der Waals surface area contributed by atoms with Crippen molar-refractivity contribution in [3.05, 3.63) is 64.4 Å². The minimum Gasteiger partial charge on any atom is -0.478 e. The average Bonchev–Trinajstić information content (AvgIpc) is 2.90. The van der Waals surface area contributed by atoms with Gasteiger partial charge in [-0.3, -0.25) is 10.2 Å². The van der Waals surface area contributed by atoms with Crippen LogP contribution in [0.25, 0.3) is 0 Å². The van der Waals surface area contributed by atoms with Crippen LogP contribution in [0, 0.1) is 11.2 Å². The molecule has 0 radical (unpaired) electrons. The normalized spacial score (nSPS) is 18.3. The fraction of sp³-hybridized carbons (Fsp3) is 0.364. The molecule has 0 spiro atoms. The second kappa shape index (κ2) is 10.3. The maximum absolute atomic E-state index is 14.9. The van der Waals surface area contributed by atoms with Gasteiger partial charge in [0, 0.05) is 42.1 Å². The minimum absolute atomic E-state index is 0.119. The molecule has 7 nitrogen and oxygen atoms in total. The number of halogens is 4. The molecular formula is C22H23ClF3N3O4S. The van der Waals surface area contributed by atoms with Crippen LogP contribution in [0.1, 0.15) is 30.9 Å². The lowest BCUT2D eigenvalue weighted by molar-refractivity contribution is -0.126. The van der Waals surface area contributed by atoms with Crippen molar-refractivity contribution in [1.29, 1.82) is 5.41 Å². The van der Waals surface area contributed by atoms with Crippen LogP contribution in [-0.4, -0.2) is 49.6 Å². The molecule has 1 aliphatic heterocycles. The maximum Gasteiger partial charge on any atom is 0.251 e. The van der Waals surface area contributed by atoms with Crippen molar-refractivity contribution in [2.75, 3.05) is 13.2 Å². The molecule has 34 heavy (non-hydrogen) atoms. The standard InChI is InChI=1S/C22H23ClF3N3O4S/c1-2-33-20(27)14-3-4-15(18(24)11-14)13-29(19-12-22(25,26)9-10-28-21(19)30)34(31,32)17-7-5-16(23)6-8-17/h3-8,11,19,27H,2,9-10,12-13H2,1H3,(H,28,30)/t19-/m1/s1. The molecule has 0 saturated carbocycles. The number of sulfonamides is 1. The van der Waals surface area contributed by atoms with Gasteiger partial charge in [-0.2, -0.15) is 4.31 Å². The molecule has 0 aromatic heterocycles. The molecule has 1 amide bonds. The first-order valence-electron chi connectivity index (χ1n) is 10.4. The smallest absolute Gasteiger partial charge is 0.251 e. The van der Waals surface area contributed by atoms with E-state index in [-0.39, 0.29) is 40.1 Å². The van der Waals surface area contributed by atoms with E-state index in [9.17, 15) is 26.4 Å². The van der Waals surface area contributed by atoms with E-state index in [4.69, 9.17) is 21.7 Å². The van der Waals surface area contributed by atoms with Gasteiger partial charge in [0.1, 0.15) is 11.9 Å². The molecular weight excluding hydrogens is 495 g/mol. The SMILES string of the molecule is CCOC(=N)c1ccc(CN([C@@H]2CC(F)(F)CCNC2=O)S(=O)(=O)c2ccc(Cl)cc2)c(F)c1. The number of nitrogens with one attached hydrogen (secondary N) is 2. The van der Waals surface area contributed by atoms with Gasteiger partial charge in [0.2, 0.25) is 21.8 Å². The van der Waals surface area contributed by atoms with Gasteiger partial charge in [0.25, 0.3) is 5.92 Å². The summed E-state index contributed by atoms with van der Waals surface area (Å²) in [6, 6.07) is 6.77. The van der Waals surface area contributed by atoms with Crippen molar-refractivity contribution in [3.8, 4) is 0 Å². The Morgan fingerprint density at radius 3 is 2.56 bits per heavy atom. The number of nitrogens with zero attached hydrogens (tertiary/aromatic N) is 1. The highest BCUT2D eigenvalue weighted by molar-refractivity contribution is 7.89. The van der Waals surface area contributed by atoms with Gasteiger partial charge in [-0.15, -0.1) is 0 Å². The molecule has 184 valence electrons. The van der Waals surface area contributed by atoms with Crippen molar-refractivity contribution in [1.82, 2.24) is 9.62 Å². The van der Waals surface area contributed by atoms with E-state index in [2.05, 4.69) is 5.32 Å². The van der Waals surface area contributed by atoms with E-state index in [0.29, 0.717) is 4.31 Å². The lowest BCUT2D eigenvalue weighted by Crippen LogP contribution is -2.49. The van der Waals surface area contributed by atoms with Gasteiger partial charge < -0.3 is 10.1 Å². The third kappa shape index (κ3) is 5.89. The molecule has 0 unspecified atom stereocenters. The molecule has 2 aromatic rings. The predicted octanol–water partition coefficient (Wildman–Crippen LogP) is 3.95. The molecule has 0 bridgehead atoms. The number of carbonyl (C=O) groups excluding carboxylic acids is 1. The number of rotatable bonds is 7. The third-order valence-electron chi connectivity index (χ3n) is 5.28. The van der Waals surface area contributed by atoms with E-state index in [1.54, 1.807) is 6.92 Å². The van der Waals surface area contributed by atoms with Gasteiger partial charge in [-0.05, 0) is 43.3 Å². The first kappa shape index (κ1) is 26.0. The quantitative estimate of drug-likeness (QED) is 0.429. The van der Waals surface area contributed by atoms with E-state index in [0.717, 1.165) is 6.07 Å². The summed E-state index contributed by atoms with van der Waals surface area (Å²) in [5, 5.41) is 10.3. The zero-order valence-corrected chi connectivity index (χ0v) is 19.7. The predicted molar refractivity (Wildman–Crippen MR) is 120 cm³/mol. The summed E-state index contributed by atoms with van der Waals surface area (Å²) in [7, 11) is -4.52. The summed E-state index contributed by atoms with van der Waals surface area (Å²) < 4.78 is 76.2. The minimum atomic E-state index is -4.52. The first-order valence-corrected chi connectivity index (χ1v) is 12.2. The molecule has 1 heterocycles. The monoisotopic (exact) mass is 517 g/mol. The Balaban J connectivity index is 2.06. The van der Waals surface area contributed by atoms with Gasteiger partial charge in [0.15, 0.2) is 0 Å². The fourth-order valence-corrected chi connectivity index (χ4v) is 5.20. The van der Waals surface area contributed by atoms with E-state index in [1.165, 1.54) is 36.4 Å². The maximum atomic E-state index is 14.9. The highest BCUT2D eigenvalue weighted by Gasteiger charge is 2.45. The summed E-state index contributed by atoms with van der Waals surface area (Å²) in [5.74, 6) is -5.36. The van der Waals surface area contributed by atoms with Crippen LogP contribution < -0.4 is 5.32 Å². The summed E-state index contributed by atoms with van der Waals surface area (Å²) in [6.45, 7) is 0.847. The van der Waals surface area contributed by atoms with Gasteiger partial charge in [0.05, 0.1) is 11.5 Å². The summed E-state index contributed by atoms with van der Waals surface area (Å²) in [4.78, 5) is 12.4. The summed E-state index contributed by atoms with van der Waals surface area (Å²) in [6.07, 6.45) is -1.70. The van der Waals surface area contributed by atoms with Gasteiger partial charge in [-0.25, -0.2) is 21.6 Å². The molecule has 0 aliphatic carbocycles. The van der Waals surface area contributed by atoms with Crippen molar-refractivity contribution in [2.24, 2.45) is 0 Å². The largest absolute Gasteiger partial charge is 0.478 e. The average molecular weight is 518 g/mol. The number of benzene rings is 2. The number of ether oxygens (including phenoxy) is 1. The Morgan fingerprint density at radius 1 is 1.26 bits per heavy atom. The zero-order chi connectivity index (χ0) is 25.1. The van der Waals surface area contributed by atoms with Crippen LogP contribution in [0.15, 0.2) is 47.4 Å². The molecule has 2 aromatic carbocycles. The lowest BCUT2D eigenvalue weighted by Gasteiger charge is -2.30. The number of amides is 1. The van der Waals surface area contributed by atoms with Crippen molar-refractivity contribution in [2.45, 2.75) is 43.2 Å². The highest BCUT2D eigenvalue weighted by atomic mass is 35.5. The Kier molecular flexibility index (Phi) is 7.89. The fourth-order valence-electron chi connectivity index (χ4n) is 3.51. The molecule has 12 heteroatoms. The van der Waals surface area contributed by atoms with Crippen molar-refractivity contribution < 1.29 is 31.1 Å². The van der Waals surface area contributed by atoms with Gasteiger partial charge in [-0.1, -0.05) is 17.7 Å². The molecule has 1 aliphatic rings. The molecule has 2 N–H and O–H groups in total. The van der Waals surface area contributed by atoms with E-state index >= 15 is 0 Å². The summed E-state index contributed by atoms with van der Waals surface area (Å²) in [5.41, 5.74) is -0.0418. The highest BCUT2D eigenvalue weighted by Crippen LogP contribution is 2.32. The Hall–Kier alpha value is -2.63. The topological polar surface area (TPSA) is 99.6 Å². The van der Waals surface area contributed by atoms with Crippen LogP contribution in [-0.2, 0) is 26.1 Å². The van der Waals surface area contributed by atoms with Gasteiger partial charge >= 0.3 is 0 Å². The lowest BCUT2D eigenvalue weighted by atomic mass is 10.1. The number of carbonyl (C=O) groups is 1. The van der Waals surface area contributed by atoms with E-state index in [1.807, 2.05) is 0 Å². The van der Waals surface area contributed by atoms with Crippen LogP contribution in [0.2, 0.25) is 5.02 Å². The second-order valence-corrected chi connectivity index (χ2v) is 10.0. The van der Waals surface area contributed by atoms with E-state index < -0.39 is 53.1 Å². The van der Waals surface area contributed by atoms with Crippen LogP contribution in [0.5, 0.6) is 0 Å². The second-order valence-electron chi connectivity index (χ2n) is 7.69. The summed E-state index contributed by atoms with van der Waals surface area (Å²) >= 11 is 5.84. The zero-order valence-electron chi connectivity index (χ0n) is 18.2. The van der Waals surface area contributed by atoms with Crippen LogP contribution in [0.4, 0.5) is 13.2 Å². The molecule has 3 rings (SSSR count).